The number of anilines is 1. The van der Waals surface area contributed by atoms with Crippen LogP contribution >= 0.6 is 0 Å². The number of ether oxygens (including phenoxy) is 2. The minimum absolute atomic E-state index is 0.197. The molecule has 0 unspecified atom stereocenters. The maximum atomic E-state index is 12.6. The number of nitrogens with zero attached hydrogens (tertiary/aromatic N) is 1. The number of fused-ring (bicyclic) bond motifs is 1. The Morgan fingerprint density at radius 2 is 1.69 bits per heavy atom. The van der Waals surface area contributed by atoms with E-state index in [0.717, 1.165) is 11.3 Å². The minimum Gasteiger partial charge on any atom is -0.452 e. The van der Waals surface area contributed by atoms with Crippen LogP contribution in [-0.2, 0) is 0 Å². The Kier molecular flexibility index (Phi) is 4.87. The predicted octanol–water partition coefficient (Wildman–Crippen LogP) is 4.59. The summed E-state index contributed by atoms with van der Waals surface area (Å²) < 4.78 is 11.1. The second-order valence-electron chi connectivity index (χ2n) is 6.84. The number of ketones is 1. The average Bonchev–Trinajstić information content (AvgIpc) is 3.03. The number of Topliss-reactive ketones (excluding diaryl/α,β-unsaturated/α-hetero) is 1. The Bertz CT molecular complexity index is 1100. The third-order valence-corrected chi connectivity index (χ3v) is 4.57. The molecule has 0 atom stereocenters. The number of hydrogen-bond acceptors (Lipinski definition) is 5. The smallest absolute Gasteiger partial charge is 0.343 e. The molecule has 3 aromatic rings. The average molecular weight is 385 g/mol. The Morgan fingerprint density at radius 1 is 0.966 bits per heavy atom. The second kappa shape index (κ2) is 7.64. The van der Waals surface area contributed by atoms with Crippen molar-refractivity contribution in [3.8, 4) is 11.5 Å². The van der Waals surface area contributed by atoms with E-state index in [2.05, 4.69) is 0 Å². The van der Waals surface area contributed by atoms with E-state index < -0.39 is 5.97 Å². The Balaban J connectivity index is 1.53. The molecule has 0 aromatic heterocycles. The monoisotopic (exact) mass is 385 g/mol. The molecule has 0 fully saturated rings. The molecule has 0 spiro atoms. The summed E-state index contributed by atoms with van der Waals surface area (Å²) in [6, 6.07) is 21.3. The van der Waals surface area contributed by atoms with Gasteiger partial charge in [-0.2, -0.15) is 0 Å². The molecule has 4 rings (SSSR count). The van der Waals surface area contributed by atoms with Crippen LogP contribution in [-0.4, -0.2) is 25.8 Å². The van der Waals surface area contributed by atoms with Gasteiger partial charge in [-0.3, -0.25) is 4.79 Å². The van der Waals surface area contributed by atoms with Gasteiger partial charge in [0.05, 0.1) is 11.1 Å². The summed E-state index contributed by atoms with van der Waals surface area (Å²) in [5.41, 5.74) is 2.83. The van der Waals surface area contributed by atoms with Gasteiger partial charge in [0, 0.05) is 25.8 Å². The summed E-state index contributed by atoms with van der Waals surface area (Å²) in [5, 5.41) is 0. The minimum atomic E-state index is -0.466. The molecule has 0 saturated carbocycles. The van der Waals surface area contributed by atoms with Crippen LogP contribution in [0.3, 0.4) is 0 Å². The van der Waals surface area contributed by atoms with Crippen LogP contribution in [0.2, 0.25) is 0 Å². The number of rotatable bonds is 4. The van der Waals surface area contributed by atoms with Crippen molar-refractivity contribution < 1.29 is 19.1 Å². The summed E-state index contributed by atoms with van der Waals surface area (Å²) in [7, 11) is 3.94. The molecule has 0 radical (unpaired) electrons. The molecule has 1 aliphatic rings. The van der Waals surface area contributed by atoms with Gasteiger partial charge in [-0.25, -0.2) is 4.79 Å². The zero-order chi connectivity index (χ0) is 20.4. The number of allylic oxidation sites excluding steroid dienone is 1. The molecule has 3 aromatic carbocycles. The lowest BCUT2D eigenvalue weighted by atomic mass is 10.1. The quantitative estimate of drug-likeness (QED) is 0.374. The van der Waals surface area contributed by atoms with E-state index >= 15 is 0 Å². The van der Waals surface area contributed by atoms with Crippen LogP contribution in [0.25, 0.3) is 6.08 Å². The van der Waals surface area contributed by atoms with E-state index in [4.69, 9.17) is 9.47 Å². The van der Waals surface area contributed by atoms with Crippen LogP contribution in [0, 0.1) is 0 Å². The molecular formula is C24H19NO4. The standard InChI is InChI=1S/C24H19NO4/c1-25(2)18-10-8-16(9-11-18)14-22-23(26)20-13-12-19(15-21(20)29-22)28-24(27)17-6-4-3-5-7-17/h3-15H,1-2H3/b22-14-. The zero-order valence-electron chi connectivity index (χ0n) is 16.1. The van der Waals surface area contributed by atoms with E-state index in [1.54, 1.807) is 48.5 Å². The molecule has 5 heteroatoms. The van der Waals surface area contributed by atoms with Crippen molar-refractivity contribution >= 4 is 23.5 Å². The first-order valence-electron chi connectivity index (χ1n) is 9.14. The first-order valence-corrected chi connectivity index (χ1v) is 9.14. The third-order valence-electron chi connectivity index (χ3n) is 4.57. The summed E-state index contributed by atoms with van der Waals surface area (Å²) in [4.78, 5) is 26.8. The highest BCUT2D eigenvalue weighted by molar-refractivity contribution is 6.14. The summed E-state index contributed by atoms with van der Waals surface area (Å²) >= 11 is 0. The summed E-state index contributed by atoms with van der Waals surface area (Å²) in [6.07, 6.45) is 1.71. The fourth-order valence-corrected chi connectivity index (χ4v) is 2.99. The van der Waals surface area contributed by atoms with Crippen LogP contribution in [0.15, 0.2) is 78.6 Å². The molecule has 1 heterocycles. The molecule has 0 N–H and O–H groups in total. The molecule has 1 aliphatic heterocycles. The molecule has 0 aliphatic carbocycles. The van der Waals surface area contributed by atoms with Crippen LogP contribution < -0.4 is 14.4 Å². The van der Waals surface area contributed by atoms with E-state index in [-0.39, 0.29) is 11.5 Å². The van der Waals surface area contributed by atoms with Crippen molar-refractivity contribution in [1.82, 2.24) is 0 Å². The predicted molar refractivity (Wildman–Crippen MR) is 112 cm³/mol. The first-order chi connectivity index (χ1) is 14.0. The van der Waals surface area contributed by atoms with Crippen LogP contribution in [0.1, 0.15) is 26.3 Å². The van der Waals surface area contributed by atoms with Crippen molar-refractivity contribution in [3.63, 3.8) is 0 Å². The van der Waals surface area contributed by atoms with Gasteiger partial charge in [0.25, 0.3) is 0 Å². The lowest BCUT2D eigenvalue weighted by molar-refractivity contribution is 0.0734. The van der Waals surface area contributed by atoms with Crippen molar-refractivity contribution in [2.24, 2.45) is 0 Å². The number of hydrogen-bond donors (Lipinski definition) is 0. The molecule has 0 bridgehead atoms. The zero-order valence-corrected chi connectivity index (χ0v) is 16.1. The van der Waals surface area contributed by atoms with Crippen LogP contribution in [0.4, 0.5) is 5.69 Å². The molecule has 0 saturated heterocycles. The van der Waals surface area contributed by atoms with Crippen molar-refractivity contribution in [2.75, 3.05) is 19.0 Å². The lowest BCUT2D eigenvalue weighted by Gasteiger charge is -2.11. The van der Waals surface area contributed by atoms with Crippen LogP contribution in [0.5, 0.6) is 11.5 Å². The van der Waals surface area contributed by atoms with Gasteiger partial charge in [-0.1, -0.05) is 30.3 Å². The number of carbonyl (C=O) groups is 2. The molecule has 144 valence electrons. The normalized spacial score (nSPS) is 13.7. The van der Waals surface area contributed by atoms with Gasteiger partial charge in [0.2, 0.25) is 5.78 Å². The first kappa shape index (κ1) is 18.5. The Morgan fingerprint density at radius 3 is 2.38 bits per heavy atom. The van der Waals surface area contributed by atoms with Gasteiger partial charge < -0.3 is 14.4 Å². The van der Waals surface area contributed by atoms with Crippen molar-refractivity contribution in [2.45, 2.75) is 0 Å². The molecular weight excluding hydrogens is 366 g/mol. The highest BCUT2D eigenvalue weighted by Gasteiger charge is 2.28. The third kappa shape index (κ3) is 3.89. The molecule has 29 heavy (non-hydrogen) atoms. The number of carbonyl (C=O) groups excluding carboxylic acids is 2. The number of esters is 1. The fraction of sp³-hybridized carbons (Fsp3) is 0.0833. The van der Waals surface area contributed by atoms with Gasteiger partial charge in [-0.15, -0.1) is 0 Å². The van der Waals surface area contributed by atoms with E-state index in [0.29, 0.717) is 22.6 Å². The Hall–Kier alpha value is -3.86. The molecule has 5 nitrogen and oxygen atoms in total. The second-order valence-corrected chi connectivity index (χ2v) is 6.84. The fourth-order valence-electron chi connectivity index (χ4n) is 2.99. The van der Waals surface area contributed by atoms with E-state index in [1.165, 1.54) is 0 Å². The maximum absolute atomic E-state index is 12.6. The largest absolute Gasteiger partial charge is 0.452 e. The van der Waals surface area contributed by atoms with Gasteiger partial charge in [0.15, 0.2) is 5.76 Å². The lowest BCUT2D eigenvalue weighted by Crippen LogP contribution is -2.08. The Labute approximate surface area is 168 Å². The van der Waals surface area contributed by atoms with Gasteiger partial charge in [0.1, 0.15) is 11.5 Å². The summed E-state index contributed by atoms with van der Waals surface area (Å²) in [6.45, 7) is 0. The van der Waals surface area contributed by atoms with Gasteiger partial charge in [-0.05, 0) is 48.0 Å². The highest BCUT2D eigenvalue weighted by Crippen LogP contribution is 2.35. The SMILES string of the molecule is CN(C)c1ccc(/C=C2\Oc3cc(OC(=O)c4ccccc4)ccc3C2=O)cc1. The van der Waals surface area contributed by atoms with E-state index in [9.17, 15) is 9.59 Å². The number of benzene rings is 3. The van der Waals surface area contributed by atoms with E-state index in [1.807, 2.05) is 49.3 Å². The van der Waals surface area contributed by atoms with Crippen molar-refractivity contribution in [1.29, 1.82) is 0 Å². The topological polar surface area (TPSA) is 55.8 Å². The molecule has 0 amide bonds. The van der Waals surface area contributed by atoms with Gasteiger partial charge >= 0.3 is 5.97 Å². The maximum Gasteiger partial charge on any atom is 0.343 e. The summed E-state index contributed by atoms with van der Waals surface area (Å²) in [5.74, 6) is 0.278. The highest BCUT2D eigenvalue weighted by atomic mass is 16.5. The van der Waals surface area contributed by atoms with Crippen molar-refractivity contribution in [3.05, 3.63) is 95.2 Å².